The van der Waals surface area contributed by atoms with Crippen molar-refractivity contribution in [3.05, 3.63) is 145 Å². The number of pyridine rings is 6. The van der Waals surface area contributed by atoms with Gasteiger partial charge in [-0.25, -0.2) is 0 Å². The van der Waals surface area contributed by atoms with E-state index >= 15 is 0 Å². The van der Waals surface area contributed by atoms with Gasteiger partial charge in [0.2, 0.25) is 0 Å². The SMILES string of the molecule is C.C.Cc1ccnc(-c2cc(CCCC(=O)O)ccn2)c1.[Ru].c1ccc(-c2ccccn2)nc1.c1ccc(-c2ccccn2)nc1. The number of carboxylic acid groups (broad SMARTS) is 1. The Morgan fingerprint density at radius 3 is 1.30 bits per heavy atom. The van der Waals surface area contributed by atoms with E-state index in [4.69, 9.17) is 5.11 Å². The molecule has 6 heterocycles. The Morgan fingerprint density at radius 2 is 0.935 bits per heavy atom. The van der Waals surface area contributed by atoms with Crippen LogP contribution in [0, 0.1) is 6.92 Å². The number of hydrogen-bond acceptors (Lipinski definition) is 7. The van der Waals surface area contributed by atoms with Crippen molar-refractivity contribution < 1.29 is 29.4 Å². The molecule has 0 saturated carbocycles. The van der Waals surface area contributed by atoms with Gasteiger partial charge in [-0.2, -0.15) is 0 Å². The van der Waals surface area contributed by atoms with Crippen LogP contribution in [0.1, 0.15) is 38.8 Å². The Labute approximate surface area is 284 Å². The molecule has 0 fully saturated rings. The zero-order valence-corrected chi connectivity index (χ0v) is 26.0. The second-order valence-corrected chi connectivity index (χ2v) is 9.37. The molecule has 0 aliphatic rings. The zero-order chi connectivity index (χ0) is 30.1. The molecular weight excluding hydrogens is 662 g/mol. The minimum absolute atomic E-state index is 0. The normalized spacial score (nSPS) is 9.33. The summed E-state index contributed by atoms with van der Waals surface area (Å²) in [6, 6.07) is 31.0. The van der Waals surface area contributed by atoms with Gasteiger partial charge in [0.05, 0.1) is 34.2 Å². The average Bonchev–Trinajstić information content (AvgIpc) is 3.07. The maximum atomic E-state index is 10.5. The first-order valence-electron chi connectivity index (χ1n) is 13.8. The van der Waals surface area contributed by atoms with E-state index in [2.05, 4.69) is 29.9 Å². The predicted molar refractivity (Wildman–Crippen MR) is 181 cm³/mol. The van der Waals surface area contributed by atoms with Gasteiger partial charge in [-0.1, -0.05) is 39.1 Å². The Hall–Kier alpha value is -5.01. The minimum Gasteiger partial charge on any atom is -0.481 e. The molecule has 0 unspecified atom stereocenters. The van der Waals surface area contributed by atoms with Crippen LogP contribution >= 0.6 is 0 Å². The molecule has 9 heteroatoms. The number of hydrogen-bond donors (Lipinski definition) is 1. The number of aromatic nitrogens is 6. The molecule has 6 aromatic heterocycles. The van der Waals surface area contributed by atoms with Crippen LogP contribution in [-0.4, -0.2) is 41.0 Å². The third-order valence-corrected chi connectivity index (χ3v) is 6.04. The molecule has 0 aliphatic heterocycles. The molecular formula is C37H40N6O2Ru. The molecule has 0 saturated heterocycles. The number of aliphatic carboxylic acids is 1. The van der Waals surface area contributed by atoms with E-state index in [0.29, 0.717) is 6.42 Å². The van der Waals surface area contributed by atoms with Crippen molar-refractivity contribution in [1.82, 2.24) is 29.9 Å². The number of rotatable bonds is 7. The maximum absolute atomic E-state index is 10.5. The smallest absolute Gasteiger partial charge is 0.303 e. The standard InChI is InChI=1S/C15H16N2O2.2C10H8N2.2CH4.Ru/c1-11-5-7-16-13(9-11)14-10-12(6-8-17-14)3-2-4-15(18)19;2*1-3-7-11-9(5-1)10-6-2-4-8-12-10;;;/h5-10H,2-4H2,1H3,(H,18,19);2*1-8H;2*1H4;. The molecule has 1 N–H and O–H groups in total. The summed E-state index contributed by atoms with van der Waals surface area (Å²) in [7, 11) is 0. The summed E-state index contributed by atoms with van der Waals surface area (Å²) in [5, 5.41) is 8.63. The molecule has 6 rings (SSSR count). The van der Waals surface area contributed by atoms with E-state index in [1.807, 2.05) is 104 Å². The van der Waals surface area contributed by atoms with Crippen molar-refractivity contribution in [2.24, 2.45) is 0 Å². The number of nitrogens with zero attached hydrogens (tertiary/aromatic N) is 6. The van der Waals surface area contributed by atoms with Crippen molar-refractivity contribution in [3.8, 4) is 34.2 Å². The van der Waals surface area contributed by atoms with E-state index in [0.717, 1.165) is 51.7 Å². The minimum atomic E-state index is -0.755. The van der Waals surface area contributed by atoms with Gasteiger partial charge in [0.25, 0.3) is 0 Å². The van der Waals surface area contributed by atoms with E-state index in [1.54, 1.807) is 37.2 Å². The van der Waals surface area contributed by atoms with Gasteiger partial charge in [-0.3, -0.25) is 34.7 Å². The second kappa shape index (κ2) is 21.7. The summed E-state index contributed by atoms with van der Waals surface area (Å²) in [6.45, 7) is 2.02. The largest absolute Gasteiger partial charge is 0.481 e. The zero-order valence-electron chi connectivity index (χ0n) is 24.2. The first-order chi connectivity index (χ1) is 21.1. The van der Waals surface area contributed by atoms with Crippen LogP contribution in [0.15, 0.2) is 134 Å². The molecule has 46 heavy (non-hydrogen) atoms. The van der Waals surface area contributed by atoms with Crippen LogP contribution in [0.4, 0.5) is 0 Å². The Kier molecular flexibility index (Phi) is 18.4. The fraction of sp³-hybridized carbons (Fsp3) is 0.162. The molecule has 0 amide bonds. The van der Waals surface area contributed by atoms with Crippen LogP contribution in [0.2, 0.25) is 0 Å². The van der Waals surface area contributed by atoms with Gasteiger partial charge >= 0.3 is 5.97 Å². The third kappa shape index (κ3) is 13.3. The molecule has 6 aromatic rings. The van der Waals surface area contributed by atoms with Gasteiger partial charge in [-0.05, 0) is 104 Å². The second-order valence-electron chi connectivity index (χ2n) is 9.37. The molecule has 238 valence electrons. The first-order valence-corrected chi connectivity index (χ1v) is 13.8. The summed E-state index contributed by atoms with van der Waals surface area (Å²) < 4.78 is 0. The van der Waals surface area contributed by atoms with Crippen LogP contribution < -0.4 is 0 Å². The summed E-state index contributed by atoms with van der Waals surface area (Å²) in [5.41, 5.74) is 7.57. The Morgan fingerprint density at radius 1 is 0.543 bits per heavy atom. The monoisotopic (exact) mass is 702 g/mol. The average molecular weight is 702 g/mol. The molecule has 0 atom stereocenters. The summed E-state index contributed by atoms with van der Waals surface area (Å²) in [4.78, 5) is 35.9. The summed E-state index contributed by atoms with van der Waals surface area (Å²) in [5.74, 6) is -0.755. The van der Waals surface area contributed by atoms with Crippen LogP contribution in [0.5, 0.6) is 0 Å². The van der Waals surface area contributed by atoms with Crippen molar-refractivity contribution >= 4 is 5.97 Å². The fourth-order valence-corrected chi connectivity index (χ4v) is 3.95. The van der Waals surface area contributed by atoms with Gasteiger partial charge in [-0.15, -0.1) is 0 Å². The van der Waals surface area contributed by atoms with Gasteiger partial charge in [0, 0.05) is 63.1 Å². The van der Waals surface area contributed by atoms with E-state index in [-0.39, 0.29) is 40.8 Å². The molecule has 8 nitrogen and oxygen atoms in total. The van der Waals surface area contributed by atoms with E-state index in [9.17, 15) is 4.79 Å². The van der Waals surface area contributed by atoms with Crippen LogP contribution in [0.25, 0.3) is 34.2 Å². The molecule has 0 aromatic carbocycles. The molecule has 0 radical (unpaired) electrons. The van der Waals surface area contributed by atoms with Crippen molar-refractivity contribution in [3.63, 3.8) is 0 Å². The van der Waals surface area contributed by atoms with Crippen molar-refractivity contribution in [2.75, 3.05) is 0 Å². The first kappa shape index (κ1) is 39.0. The summed E-state index contributed by atoms with van der Waals surface area (Å²) >= 11 is 0. The predicted octanol–water partition coefficient (Wildman–Crippen LogP) is 8.42. The fourth-order valence-electron chi connectivity index (χ4n) is 3.95. The Bertz CT molecular complexity index is 1530. The number of aryl methyl sites for hydroxylation is 2. The maximum Gasteiger partial charge on any atom is 0.303 e. The molecule has 0 bridgehead atoms. The summed E-state index contributed by atoms with van der Waals surface area (Å²) in [6.07, 6.45) is 12.2. The van der Waals surface area contributed by atoms with Gasteiger partial charge in [0.15, 0.2) is 0 Å². The van der Waals surface area contributed by atoms with Crippen molar-refractivity contribution in [2.45, 2.75) is 41.0 Å². The third-order valence-electron chi connectivity index (χ3n) is 6.04. The Balaban J connectivity index is 0.000000346. The van der Waals surface area contributed by atoms with Crippen LogP contribution in [0.3, 0.4) is 0 Å². The van der Waals surface area contributed by atoms with E-state index < -0.39 is 5.97 Å². The van der Waals surface area contributed by atoms with Gasteiger partial charge in [0.1, 0.15) is 0 Å². The number of carboxylic acids is 1. The van der Waals surface area contributed by atoms with Crippen molar-refractivity contribution in [1.29, 1.82) is 0 Å². The van der Waals surface area contributed by atoms with Crippen LogP contribution in [-0.2, 0) is 30.7 Å². The molecule has 0 spiro atoms. The topological polar surface area (TPSA) is 115 Å². The molecule has 0 aliphatic carbocycles. The van der Waals surface area contributed by atoms with E-state index in [1.165, 1.54) is 0 Å². The number of carbonyl (C=O) groups is 1. The quantitative estimate of drug-likeness (QED) is 0.165. The van der Waals surface area contributed by atoms with Gasteiger partial charge < -0.3 is 5.11 Å².